The van der Waals surface area contributed by atoms with Gasteiger partial charge in [-0.15, -0.1) is 0 Å². The fourth-order valence-corrected chi connectivity index (χ4v) is 1.76. The topological polar surface area (TPSA) is 38.7 Å². The number of ether oxygens (including phenoxy) is 1. The van der Waals surface area contributed by atoms with Crippen LogP contribution in [0.15, 0.2) is 35.3 Å². The molecule has 0 fully saturated rings. The molecular formula is C15H21NO2. The Labute approximate surface area is 109 Å². The monoisotopic (exact) mass is 247 g/mol. The van der Waals surface area contributed by atoms with Gasteiger partial charge in [-0.25, -0.2) is 4.79 Å². The SMILES string of the molecule is CCOC(=O)C=N[C@H](c1ccccc1)C(C)(C)C. The van der Waals surface area contributed by atoms with Crippen molar-refractivity contribution in [1.82, 2.24) is 0 Å². The summed E-state index contributed by atoms with van der Waals surface area (Å²) in [6.07, 6.45) is 1.28. The van der Waals surface area contributed by atoms with E-state index in [2.05, 4.69) is 25.8 Å². The molecule has 3 heteroatoms. The highest BCUT2D eigenvalue weighted by Gasteiger charge is 2.25. The van der Waals surface area contributed by atoms with Crippen molar-refractivity contribution in [2.45, 2.75) is 33.7 Å². The second-order valence-corrected chi connectivity index (χ2v) is 5.21. The molecule has 0 saturated heterocycles. The minimum Gasteiger partial charge on any atom is -0.462 e. The normalized spacial score (nSPS) is 13.6. The third kappa shape index (κ3) is 4.32. The van der Waals surface area contributed by atoms with Crippen molar-refractivity contribution in [3.05, 3.63) is 35.9 Å². The second kappa shape index (κ2) is 6.34. The highest BCUT2D eigenvalue weighted by molar-refractivity contribution is 6.23. The van der Waals surface area contributed by atoms with Gasteiger partial charge in [-0.1, -0.05) is 51.1 Å². The first-order chi connectivity index (χ1) is 8.45. The summed E-state index contributed by atoms with van der Waals surface area (Å²) in [5, 5.41) is 0. The van der Waals surface area contributed by atoms with Gasteiger partial charge in [0.25, 0.3) is 0 Å². The maximum absolute atomic E-state index is 11.3. The number of esters is 1. The zero-order valence-electron chi connectivity index (χ0n) is 11.5. The lowest BCUT2D eigenvalue weighted by Crippen LogP contribution is -2.18. The molecule has 1 atom stereocenters. The lowest BCUT2D eigenvalue weighted by atomic mass is 9.83. The summed E-state index contributed by atoms with van der Waals surface area (Å²) in [6.45, 7) is 8.47. The molecule has 0 spiro atoms. The fourth-order valence-electron chi connectivity index (χ4n) is 1.76. The van der Waals surface area contributed by atoms with Crippen molar-refractivity contribution in [2.24, 2.45) is 10.4 Å². The highest BCUT2D eigenvalue weighted by atomic mass is 16.5. The number of benzene rings is 1. The zero-order valence-corrected chi connectivity index (χ0v) is 11.5. The van der Waals surface area contributed by atoms with Gasteiger partial charge < -0.3 is 4.74 Å². The van der Waals surface area contributed by atoms with Crippen LogP contribution in [-0.4, -0.2) is 18.8 Å². The number of nitrogens with zero attached hydrogens (tertiary/aromatic N) is 1. The predicted molar refractivity (Wildman–Crippen MR) is 73.8 cm³/mol. The smallest absolute Gasteiger partial charge is 0.348 e. The van der Waals surface area contributed by atoms with E-state index in [1.807, 2.05) is 30.3 Å². The first-order valence-electron chi connectivity index (χ1n) is 6.20. The lowest BCUT2D eigenvalue weighted by Gasteiger charge is -2.27. The number of carbonyl (C=O) groups is 1. The summed E-state index contributed by atoms with van der Waals surface area (Å²) in [6, 6.07) is 9.93. The van der Waals surface area contributed by atoms with Crippen LogP contribution in [0.2, 0.25) is 0 Å². The molecule has 1 rings (SSSR count). The fraction of sp³-hybridized carbons (Fsp3) is 0.467. The molecule has 0 bridgehead atoms. The molecule has 1 aromatic carbocycles. The standard InChI is InChI=1S/C15H21NO2/c1-5-18-13(17)11-16-14(15(2,3)4)12-9-7-6-8-10-12/h6-11,14H,5H2,1-4H3/t14-/m1/s1. The van der Waals surface area contributed by atoms with Crippen molar-refractivity contribution in [3.63, 3.8) is 0 Å². The van der Waals surface area contributed by atoms with E-state index in [4.69, 9.17) is 4.74 Å². The molecule has 98 valence electrons. The molecule has 0 N–H and O–H groups in total. The first-order valence-corrected chi connectivity index (χ1v) is 6.20. The van der Waals surface area contributed by atoms with Gasteiger partial charge >= 0.3 is 5.97 Å². The molecule has 0 aromatic heterocycles. The van der Waals surface area contributed by atoms with Gasteiger partial charge in [0.1, 0.15) is 6.21 Å². The highest BCUT2D eigenvalue weighted by Crippen LogP contribution is 2.35. The van der Waals surface area contributed by atoms with Crippen LogP contribution >= 0.6 is 0 Å². The molecule has 0 aliphatic heterocycles. The second-order valence-electron chi connectivity index (χ2n) is 5.21. The zero-order chi connectivity index (χ0) is 13.6. The number of rotatable bonds is 4. The average Bonchev–Trinajstić information content (AvgIpc) is 2.29. The van der Waals surface area contributed by atoms with E-state index in [0.29, 0.717) is 6.61 Å². The summed E-state index contributed by atoms with van der Waals surface area (Å²) >= 11 is 0. The van der Waals surface area contributed by atoms with Gasteiger partial charge in [0.05, 0.1) is 12.6 Å². The summed E-state index contributed by atoms with van der Waals surface area (Å²) < 4.78 is 4.85. The minimum absolute atomic E-state index is 0.0512. The summed E-state index contributed by atoms with van der Waals surface area (Å²) in [7, 11) is 0. The molecule has 0 saturated carbocycles. The van der Waals surface area contributed by atoms with Crippen molar-refractivity contribution in [1.29, 1.82) is 0 Å². The molecule has 18 heavy (non-hydrogen) atoms. The molecule has 3 nitrogen and oxygen atoms in total. The van der Waals surface area contributed by atoms with Crippen molar-refractivity contribution >= 4 is 12.2 Å². The van der Waals surface area contributed by atoms with Crippen molar-refractivity contribution < 1.29 is 9.53 Å². The Morgan fingerprint density at radius 3 is 2.44 bits per heavy atom. The Hall–Kier alpha value is -1.64. The first kappa shape index (κ1) is 14.4. The number of hydrogen-bond acceptors (Lipinski definition) is 3. The summed E-state index contributed by atoms with van der Waals surface area (Å²) in [4.78, 5) is 15.7. The molecule has 0 radical (unpaired) electrons. The lowest BCUT2D eigenvalue weighted by molar-refractivity contribution is -0.134. The quantitative estimate of drug-likeness (QED) is 0.604. The van der Waals surface area contributed by atoms with Crippen LogP contribution in [0.4, 0.5) is 0 Å². The molecule has 0 aliphatic rings. The Balaban J connectivity index is 2.91. The van der Waals surface area contributed by atoms with Gasteiger partial charge in [-0.05, 0) is 17.9 Å². The summed E-state index contributed by atoms with van der Waals surface area (Å²) in [5.74, 6) is -0.386. The maximum Gasteiger partial charge on any atom is 0.348 e. The Bertz CT molecular complexity index is 404. The van der Waals surface area contributed by atoms with E-state index in [1.54, 1.807) is 6.92 Å². The van der Waals surface area contributed by atoms with Crippen molar-refractivity contribution in [3.8, 4) is 0 Å². The van der Waals surface area contributed by atoms with Gasteiger partial charge in [-0.3, -0.25) is 4.99 Å². The van der Waals surface area contributed by atoms with Crippen LogP contribution in [-0.2, 0) is 9.53 Å². The number of aliphatic imine (C=N–C) groups is 1. The van der Waals surface area contributed by atoms with Crippen LogP contribution in [0, 0.1) is 5.41 Å². The van der Waals surface area contributed by atoms with Crippen LogP contribution in [0.25, 0.3) is 0 Å². The van der Waals surface area contributed by atoms with E-state index >= 15 is 0 Å². The van der Waals surface area contributed by atoms with E-state index in [1.165, 1.54) is 6.21 Å². The Morgan fingerprint density at radius 1 is 1.33 bits per heavy atom. The minimum atomic E-state index is -0.386. The van der Waals surface area contributed by atoms with Gasteiger partial charge in [0, 0.05) is 0 Å². The van der Waals surface area contributed by atoms with Gasteiger partial charge in [0.2, 0.25) is 0 Å². The van der Waals surface area contributed by atoms with Crippen LogP contribution < -0.4 is 0 Å². The molecule has 0 aliphatic carbocycles. The third-order valence-electron chi connectivity index (χ3n) is 2.55. The molecular weight excluding hydrogens is 226 g/mol. The van der Waals surface area contributed by atoms with Crippen molar-refractivity contribution in [2.75, 3.05) is 6.61 Å². The number of carbonyl (C=O) groups excluding carboxylic acids is 1. The molecule has 0 amide bonds. The molecule has 0 heterocycles. The molecule has 1 aromatic rings. The van der Waals surface area contributed by atoms with Crippen LogP contribution in [0.5, 0.6) is 0 Å². The largest absolute Gasteiger partial charge is 0.462 e. The molecule has 0 unspecified atom stereocenters. The Morgan fingerprint density at radius 2 is 1.94 bits per heavy atom. The van der Waals surface area contributed by atoms with E-state index < -0.39 is 0 Å². The Kier molecular flexibility index (Phi) is 5.08. The predicted octanol–water partition coefficient (Wildman–Crippen LogP) is 3.41. The van der Waals surface area contributed by atoms with Gasteiger partial charge in [0.15, 0.2) is 0 Å². The van der Waals surface area contributed by atoms with E-state index in [-0.39, 0.29) is 17.4 Å². The van der Waals surface area contributed by atoms with E-state index in [9.17, 15) is 4.79 Å². The third-order valence-corrected chi connectivity index (χ3v) is 2.55. The van der Waals surface area contributed by atoms with E-state index in [0.717, 1.165) is 5.56 Å². The van der Waals surface area contributed by atoms with Crippen LogP contribution in [0.3, 0.4) is 0 Å². The average molecular weight is 247 g/mol. The summed E-state index contributed by atoms with van der Waals surface area (Å²) in [5.41, 5.74) is 1.05. The van der Waals surface area contributed by atoms with Gasteiger partial charge in [-0.2, -0.15) is 0 Å². The van der Waals surface area contributed by atoms with Crippen LogP contribution in [0.1, 0.15) is 39.3 Å². The maximum atomic E-state index is 11.3. The number of hydrogen-bond donors (Lipinski definition) is 0.